The summed E-state index contributed by atoms with van der Waals surface area (Å²) in [5.74, 6) is -0.322. The predicted octanol–water partition coefficient (Wildman–Crippen LogP) is 2.10. The topological polar surface area (TPSA) is 68.5 Å². The maximum Gasteiger partial charge on any atom is 0.328 e. The first-order valence-electron chi connectivity index (χ1n) is 6.58. The number of rotatable bonds is 5. The van der Waals surface area contributed by atoms with Gasteiger partial charge in [0.2, 0.25) is 0 Å². The van der Waals surface area contributed by atoms with Gasteiger partial charge in [0.25, 0.3) is 5.91 Å². The van der Waals surface area contributed by atoms with Gasteiger partial charge in [-0.25, -0.2) is 4.79 Å². The molecule has 0 aliphatic heterocycles. The van der Waals surface area contributed by atoms with Gasteiger partial charge in [-0.2, -0.15) is 0 Å². The second-order valence-electron chi connectivity index (χ2n) is 4.63. The molecule has 0 radical (unpaired) electrons. The summed E-state index contributed by atoms with van der Waals surface area (Å²) in [7, 11) is 1.30. The van der Waals surface area contributed by atoms with Crippen molar-refractivity contribution in [2.75, 3.05) is 7.11 Å². The fourth-order valence-electron chi connectivity index (χ4n) is 2.04. The van der Waals surface area contributed by atoms with Crippen molar-refractivity contribution in [1.29, 1.82) is 0 Å². The maximum absolute atomic E-state index is 12.2. The van der Waals surface area contributed by atoms with E-state index in [9.17, 15) is 9.59 Å². The van der Waals surface area contributed by atoms with Gasteiger partial charge in [-0.05, 0) is 18.6 Å². The smallest absolute Gasteiger partial charge is 0.328 e. The quantitative estimate of drug-likeness (QED) is 0.855. The van der Waals surface area contributed by atoms with Gasteiger partial charge >= 0.3 is 5.97 Å². The monoisotopic (exact) mass is 287 g/mol. The molecule has 1 heterocycles. The number of hydrogen-bond donors (Lipinski definition) is 1. The lowest BCUT2D eigenvalue weighted by Crippen LogP contribution is -2.43. The minimum atomic E-state index is -0.737. The third kappa shape index (κ3) is 3.72. The van der Waals surface area contributed by atoms with Crippen LogP contribution in [0.2, 0.25) is 0 Å². The van der Waals surface area contributed by atoms with E-state index in [1.54, 1.807) is 13.0 Å². The van der Waals surface area contributed by atoms with Gasteiger partial charge in [0.1, 0.15) is 11.8 Å². The zero-order valence-corrected chi connectivity index (χ0v) is 12.0. The number of aryl methyl sites for hydroxylation is 1. The molecule has 2 aromatic rings. The molecule has 5 nitrogen and oxygen atoms in total. The molecule has 0 saturated carbocycles. The molecule has 1 N–H and O–H groups in total. The Bertz CT molecular complexity index is 618. The largest absolute Gasteiger partial charge is 0.469 e. The number of carbonyl (C=O) groups excluding carboxylic acids is 2. The minimum Gasteiger partial charge on any atom is -0.469 e. The zero-order chi connectivity index (χ0) is 15.2. The molecule has 21 heavy (non-hydrogen) atoms. The maximum atomic E-state index is 12.2. The van der Waals surface area contributed by atoms with Gasteiger partial charge in [0, 0.05) is 6.42 Å². The fourth-order valence-corrected chi connectivity index (χ4v) is 2.04. The summed E-state index contributed by atoms with van der Waals surface area (Å²) in [5.41, 5.74) is 1.36. The molecule has 0 aliphatic rings. The van der Waals surface area contributed by atoms with Gasteiger partial charge in [-0.3, -0.25) is 4.79 Å². The highest BCUT2D eigenvalue weighted by molar-refractivity contribution is 5.97. The number of esters is 1. The van der Waals surface area contributed by atoms with E-state index in [0.29, 0.717) is 17.7 Å². The number of furan rings is 1. The van der Waals surface area contributed by atoms with E-state index in [0.717, 1.165) is 5.56 Å². The van der Waals surface area contributed by atoms with Crippen molar-refractivity contribution in [3.8, 4) is 0 Å². The lowest BCUT2D eigenvalue weighted by atomic mass is 10.1. The average Bonchev–Trinajstić information content (AvgIpc) is 2.93. The molecule has 2 rings (SSSR count). The van der Waals surface area contributed by atoms with Crippen molar-refractivity contribution in [1.82, 2.24) is 5.32 Å². The standard InChI is InChI=1S/C16H17NO4/c1-11-13(8-9-21-11)15(18)17-14(16(19)20-2)10-12-6-4-3-5-7-12/h3-9,14H,10H2,1-2H3,(H,17,18). The van der Waals surface area contributed by atoms with Crippen LogP contribution in [0.1, 0.15) is 21.7 Å². The first kappa shape index (κ1) is 14.8. The molecule has 1 aromatic carbocycles. The van der Waals surface area contributed by atoms with E-state index in [4.69, 9.17) is 9.15 Å². The molecule has 110 valence electrons. The van der Waals surface area contributed by atoms with Crippen LogP contribution in [-0.4, -0.2) is 25.0 Å². The highest BCUT2D eigenvalue weighted by Gasteiger charge is 2.23. The van der Waals surface area contributed by atoms with Crippen LogP contribution in [0.25, 0.3) is 0 Å². The fraction of sp³-hybridized carbons (Fsp3) is 0.250. The first-order valence-corrected chi connectivity index (χ1v) is 6.58. The van der Waals surface area contributed by atoms with Crippen molar-refractivity contribution < 1.29 is 18.7 Å². The van der Waals surface area contributed by atoms with E-state index < -0.39 is 12.0 Å². The molecular formula is C16H17NO4. The number of benzene rings is 1. The van der Waals surface area contributed by atoms with Crippen LogP contribution < -0.4 is 5.32 Å². The summed E-state index contributed by atoms with van der Waals surface area (Å²) < 4.78 is 9.85. The third-order valence-electron chi connectivity index (χ3n) is 3.18. The molecule has 1 amide bonds. The van der Waals surface area contributed by atoms with Crippen molar-refractivity contribution in [3.05, 3.63) is 59.5 Å². The van der Waals surface area contributed by atoms with Crippen LogP contribution in [0.3, 0.4) is 0 Å². The number of ether oxygens (including phenoxy) is 1. The number of carbonyl (C=O) groups is 2. The predicted molar refractivity (Wildman–Crippen MR) is 76.9 cm³/mol. The number of amides is 1. The number of nitrogens with one attached hydrogen (secondary N) is 1. The second-order valence-corrected chi connectivity index (χ2v) is 4.63. The van der Waals surface area contributed by atoms with E-state index in [2.05, 4.69) is 5.32 Å². The molecule has 1 aromatic heterocycles. The highest BCUT2D eigenvalue weighted by atomic mass is 16.5. The Balaban J connectivity index is 2.12. The lowest BCUT2D eigenvalue weighted by molar-refractivity contribution is -0.142. The van der Waals surface area contributed by atoms with Crippen LogP contribution in [0, 0.1) is 6.92 Å². The Kier molecular flexibility index (Phi) is 4.77. The van der Waals surface area contributed by atoms with Crippen molar-refractivity contribution in [2.45, 2.75) is 19.4 Å². The normalized spacial score (nSPS) is 11.7. The molecule has 0 fully saturated rings. The van der Waals surface area contributed by atoms with Crippen LogP contribution in [0.5, 0.6) is 0 Å². The van der Waals surface area contributed by atoms with Gasteiger partial charge in [-0.15, -0.1) is 0 Å². The van der Waals surface area contributed by atoms with Gasteiger partial charge in [0.05, 0.1) is 18.9 Å². The Hall–Kier alpha value is -2.56. The summed E-state index contributed by atoms with van der Waals surface area (Å²) in [5, 5.41) is 2.69. The van der Waals surface area contributed by atoms with Crippen molar-refractivity contribution in [3.63, 3.8) is 0 Å². The second kappa shape index (κ2) is 6.74. The van der Waals surface area contributed by atoms with Gasteiger partial charge < -0.3 is 14.5 Å². The van der Waals surface area contributed by atoms with Crippen LogP contribution in [0.15, 0.2) is 47.1 Å². The van der Waals surface area contributed by atoms with Crippen LogP contribution >= 0.6 is 0 Å². The minimum absolute atomic E-state index is 0.354. The van der Waals surface area contributed by atoms with Gasteiger partial charge in [0.15, 0.2) is 0 Å². The molecule has 1 unspecified atom stereocenters. The van der Waals surface area contributed by atoms with Crippen LogP contribution in [0.4, 0.5) is 0 Å². The van der Waals surface area contributed by atoms with E-state index in [-0.39, 0.29) is 5.91 Å². The molecule has 0 saturated heterocycles. The Morgan fingerprint density at radius 1 is 1.24 bits per heavy atom. The van der Waals surface area contributed by atoms with E-state index in [1.165, 1.54) is 13.4 Å². The molecule has 0 bridgehead atoms. The summed E-state index contributed by atoms with van der Waals surface area (Å²) in [6.07, 6.45) is 1.81. The Morgan fingerprint density at radius 2 is 1.95 bits per heavy atom. The summed E-state index contributed by atoms with van der Waals surface area (Å²) >= 11 is 0. The summed E-state index contributed by atoms with van der Waals surface area (Å²) in [6.45, 7) is 1.69. The number of hydrogen-bond acceptors (Lipinski definition) is 4. The van der Waals surface area contributed by atoms with Crippen molar-refractivity contribution >= 4 is 11.9 Å². The molecule has 0 aliphatic carbocycles. The summed E-state index contributed by atoms with van der Waals surface area (Å²) in [6, 6.07) is 10.3. The number of methoxy groups -OCH3 is 1. The van der Waals surface area contributed by atoms with E-state index in [1.807, 2.05) is 30.3 Å². The SMILES string of the molecule is COC(=O)C(Cc1ccccc1)NC(=O)c1ccoc1C. The summed E-state index contributed by atoms with van der Waals surface area (Å²) in [4.78, 5) is 24.0. The molecule has 0 spiro atoms. The highest BCUT2D eigenvalue weighted by Crippen LogP contribution is 2.10. The van der Waals surface area contributed by atoms with E-state index >= 15 is 0 Å². The Labute approximate surface area is 122 Å². The molecule has 1 atom stereocenters. The van der Waals surface area contributed by atoms with Crippen molar-refractivity contribution in [2.24, 2.45) is 0 Å². The van der Waals surface area contributed by atoms with Crippen LogP contribution in [-0.2, 0) is 16.0 Å². The van der Waals surface area contributed by atoms with Gasteiger partial charge in [-0.1, -0.05) is 30.3 Å². The average molecular weight is 287 g/mol. The lowest BCUT2D eigenvalue weighted by Gasteiger charge is -2.16. The Morgan fingerprint density at radius 3 is 2.52 bits per heavy atom. The zero-order valence-electron chi connectivity index (χ0n) is 12.0. The first-order chi connectivity index (χ1) is 10.1. The molecule has 5 heteroatoms. The third-order valence-corrected chi connectivity index (χ3v) is 3.18. The molecular weight excluding hydrogens is 270 g/mol.